The first-order valence-corrected chi connectivity index (χ1v) is 11.7. The number of halogens is 1. The molecule has 0 saturated carbocycles. The molecule has 1 heterocycles. The molecule has 0 bridgehead atoms. The molecule has 0 aliphatic carbocycles. The van der Waals surface area contributed by atoms with Gasteiger partial charge in [0.1, 0.15) is 0 Å². The first-order chi connectivity index (χ1) is 11.8. The number of sulfone groups is 1. The average Bonchev–Trinajstić information content (AvgIpc) is 2.79. The van der Waals surface area contributed by atoms with Crippen molar-refractivity contribution in [1.29, 1.82) is 0 Å². The molecular formula is C16H23ClN2O5S2. The predicted molar refractivity (Wildman–Crippen MR) is 101 cm³/mol. The van der Waals surface area contributed by atoms with E-state index in [-0.39, 0.29) is 33.0 Å². The van der Waals surface area contributed by atoms with Gasteiger partial charge >= 0.3 is 0 Å². The number of hydrogen-bond acceptors (Lipinski definition) is 5. The number of rotatable bonds is 5. The number of nitrogens with one attached hydrogen (secondary N) is 1. The van der Waals surface area contributed by atoms with Crippen LogP contribution in [0.4, 0.5) is 0 Å². The fourth-order valence-corrected chi connectivity index (χ4v) is 6.42. The van der Waals surface area contributed by atoms with Crippen LogP contribution < -0.4 is 5.32 Å². The molecule has 0 aromatic heterocycles. The Labute approximate surface area is 159 Å². The van der Waals surface area contributed by atoms with Gasteiger partial charge in [-0.3, -0.25) is 4.79 Å². The van der Waals surface area contributed by atoms with Crippen LogP contribution >= 0.6 is 11.6 Å². The zero-order valence-corrected chi connectivity index (χ0v) is 17.5. The van der Waals surface area contributed by atoms with Crippen LogP contribution in [0, 0.1) is 0 Å². The summed E-state index contributed by atoms with van der Waals surface area (Å²) in [7, 11) is -5.51. The van der Waals surface area contributed by atoms with Crippen LogP contribution in [0.2, 0.25) is 5.02 Å². The molecule has 1 fully saturated rings. The summed E-state index contributed by atoms with van der Waals surface area (Å²) >= 11 is 6.08. The summed E-state index contributed by atoms with van der Waals surface area (Å²) < 4.78 is 49.8. The van der Waals surface area contributed by atoms with Crippen molar-refractivity contribution >= 4 is 37.4 Å². The highest BCUT2D eigenvalue weighted by molar-refractivity contribution is 7.91. The van der Waals surface area contributed by atoms with Crippen molar-refractivity contribution < 1.29 is 21.6 Å². The highest BCUT2D eigenvalue weighted by Crippen LogP contribution is 2.26. The van der Waals surface area contributed by atoms with Crippen LogP contribution in [-0.4, -0.2) is 57.2 Å². The highest BCUT2D eigenvalue weighted by Gasteiger charge is 2.40. The summed E-state index contributed by atoms with van der Waals surface area (Å²) in [5.41, 5.74) is -0.904. The van der Waals surface area contributed by atoms with E-state index in [1.807, 2.05) is 0 Å². The maximum atomic E-state index is 12.6. The summed E-state index contributed by atoms with van der Waals surface area (Å²) in [5, 5.41) is 2.78. The Balaban J connectivity index is 2.35. The van der Waals surface area contributed by atoms with Crippen molar-refractivity contribution in [1.82, 2.24) is 9.62 Å². The van der Waals surface area contributed by atoms with E-state index in [2.05, 4.69) is 5.32 Å². The van der Waals surface area contributed by atoms with Crippen LogP contribution in [0.15, 0.2) is 23.1 Å². The lowest BCUT2D eigenvalue weighted by atomic mass is 10.0. The summed E-state index contributed by atoms with van der Waals surface area (Å²) in [5.74, 6) is -0.749. The summed E-state index contributed by atoms with van der Waals surface area (Å²) in [4.78, 5) is 12.6. The lowest BCUT2D eigenvalue weighted by Crippen LogP contribution is -2.47. The number of carbonyl (C=O) groups is 1. The van der Waals surface area contributed by atoms with E-state index < -0.39 is 31.3 Å². The van der Waals surface area contributed by atoms with Crippen molar-refractivity contribution in [3.8, 4) is 0 Å². The molecule has 1 unspecified atom stereocenters. The SMILES string of the molecule is CC(C)N(C)S(=O)(=O)c1ccc(Cl)c(C(=O)NC2(C)CCS(=O)(=O)C2)c1. The fourth-order valence-electron chi connectivity index (χ4n) is 2.73. The third-order valence-corrected chi connectivity index (χ3v) is 8.77. The maximum absolute atomic E-state index is 12.6. The van der Waals surface area contributed by atoms with Gasteiger partial charge < -0.3 is 5.32 Å². The number of sulfonamides is 1. The van der Waals surface area contributed by atoms with Gasteiger partial charge in [-0.1, -0.05) is 11.6 Å². The minimum atomic E-state index is -3.77. The molecular weight excluding hydrogens is 400 g/mol. The van der Waals surface area contributed by atoms with Gasteiger partial charge in [0.2, 0.25) is 10.0 Å². The Bertz CT molecular complexity index is 928. The second kappa shape index (κ2) is 7.10. The highest BCUT2D eigenvalue weighted by atomic mass is 35.5. The van der Waals surface area contributed by atoms with Gasteiger partial charge in [0.25, 0.3) is 5.91 Å². The Morgan fingerprint density at radius 2 is 1.96 bits per heavy atom. The van der Waals surface area contributed by atoms with Crippen molar-refractivity contribution in [3.63, 3.8) is 0 Å². The molecule has 1 aromatic rings. The number of carbonyl (C=O) groups excluding carboxylic acids is 1. The molecule has 1 saturated heterocycles. The Morgan fingerprint density at radius 1 is 1.35 bits per heavy atom. The Hall–Kier alpha value is -1.16. The van der Waals surface area contributed by atoms with Gasteiger partial charge in [-0.15, -0.1) is 0 Å². The monoisotopic (exact) mass is 422 g/mol. The molecule has 26 heavy (non-hydrogen) atoms. The Kier molecular flexibility index (Phi) is 5.78. The van der Waals surface area contributed by atoms with Gasteiger partial charge in [-0.25, -0.2) is 16.8 Å². The van der Waals surface area contributed by atoms with Crippen LogP contribution in [-0.2, 0) is 19.9 Å². The van der Waals surface area contributed by atoms with E-state index in [0.29, 0.717) is 6.42 Å². The molecule has 146 valence electrons. The van der Waals surface area contributed by atoms with Crippen molar-refractivity contribution in [2.45, 2.75) is 43.7 Å². The first-order valence-electron chi connectivity index (χ1n) is 8.08. The lowest BCUT2D eigenvalue weighted by Gasteiger charge is -2.25. The quantitative estimate of drug-likeness (QED) is 0.777. The normalized spacial score (nSPS) is 22.7. The van der Waals surface area contributed by atoms with Crippen LogP contribution in [0.5, 0.6) is 0 Å². The summed E-state index contributed by atoms with van der Waals surface area (Å²) in [6, 6.07) is 3.66. The minimum absolute atomic E-state index is 0.00424. The van der Waals surface area contributed by atoms with Crippen molar-refractivity contribution in [2.75, 3.05) is 18.6 Å². The van der Waals surface area contributed by atoms with Gasteiger partial charge in [0.05, 0.1) is 32.5 Å². The Morgan fingerprint density at radius 3 is 2.46 bits per heavy atom. The topological polar surface area (TPSA) is 101 Å². The van der Waals surface area contributed by atoms with E-state index >= 15 is 0 Å². The molecule has 1 atom stereocenters. The number of benzene rings is 1. The van der Waals surface area contributed by atoms with Crippen LogP contribution in [0.25, 0.3) is 0 Å². The van der Waals surface area contributed by atoms with E-state index in [9.17, 15) is 21.6 Å². The molecule has 1 aliphatic rings. The fraction of sp³-hybridized carbons (Fsp3) is 0.562. The molecule has 1 amide bonds. The second-order valence-corrected chi connectivity index (χ2v) is 11.7. The lowest BCUT2D eigenvalue weighted by molar-refractivity contribution is 0.0915. The van der Waals surface area contributed by atoms with E-state index in [0.717, 1.165) is 0 Å². The third-order valence-electron chi connectivity index (χ3n) is 4.51. The van der Waals surface area contributed by atoms with Gasteiger partial charge in [0, 0.05) is 13.1 Å². The van der Waals surface area contributed by atoms with E-state index in [1.54, 1.807) is 20.8 Å². The van der Waals surface area contributed by atoms with Gasteiger partial charge in [0.15, 0.2) is 9.84 Å². The minimum Gasteiger partial charge on any atom is -0.346 e. The largest absolute Gasteiger partial charge is 0.346 e. The van der Waals surface area contributed by atoms with Crippen molar-refractivity contribution in [2.24, 2.45) is 0 Å². The zero-order chi connectivity index (χ0) is 19.9. The maximum Gasteiger partial charge on any atom is 0.253 e. The smallest absolute Gasteiger partial charge is 0.253 e. The zero-order valence-electron chi connectivity index (χ0n) is 15.1. The number of hydrogen-bond donors (Lipinski definition) is 1. The third kappa shape index (κ3) is 4.39. The molecule has 10 heteroatoms. The molecule has 1 aromatic carbocycles. The standard InChI is InChI=1S/C16H23ClN2O5S2/c1-11(2)19(4)26(23,24)12-5-6-14(17)13(9-12)15(20)18-16(3)7-8-25(21,22)10-16/h5-6,9,11H,7-8,10H2,1-4H3,(H,18,20). The average molecular weight is 423 g/mol. The van der Waals surface area contributed by atoms with Crippen LogP contribution in [0.1, 0.15) is 37.6 Å². The predicted octanol–water partition coefficient (Wildman–Crippen LogP) is 1.68. The number of nitrogens with zero attached hydrogens (tertiary/aromatic N) is 1. The molecule has 1 aliphatic heterocycles. The van der Waals surface area contributed by atoms with E-state index in [1.165, 1.54) is 29.6 Å². The van der Waals surface area contributed by atoms with Crippen LogP contribution in [0.3, 0.4) is 0 Å². The summed E-state index contributed by atoms with van der Waals surface area (Å²) in [6.07, 6.45) is 0.298. The number of amides is 1. The van der Waals surface area contributed by atoms with Gasteiger partial charge in [-0.2, -0.15) is 4.31 Å². The first kappa shape index (κ1) is 21.1. The molecule has 0 radical (unpaired) electrons. The second-order valence-electron chi connectivity index (χ2n) is 7.11. The van der Waals surface area contributed by atoms with Crippen molar-refractivity contribution in [3.05, 3.63) is 28.8 Å². The van der Waals surface area contributed by atoms with E-state index in [4.69, 9.17) is 11.6 Å². The molecule has 2 rings (SSSR count). The molecule has 1 N–H and O–H groups in total. The summed E-state index contributed by atoms with van der Waals surface area (Å²) in [6.45, 7) is 5.13. The van der Waals surface area contributed by atoms with Gasteiger partial charge in [-0.05, 0) is 45.4 Å². The molecule has 7 nitrogen and oxygen atoms in total. The molecule has 0 spiro atoms.